The molecule has 8 nitrogen and oxygen atoms in total. The van der Waals surface area contributed by atoms with Crippen LogP contribution in [0.4, 0.5) is 0 Å². The second-order valence-corrected chi connectivity index (χ2v) is 6.65. The van der Waals surface area contributed by atoms with Crippen LogP contribution in [0, 0.1) is 0 Å². The molecule has 1 heterocycles. The molecular weight excluding hydrogens is 300 g/mol. The number of methoxy groups -OCH3 is 1. The molecule has 1 rings (SSSR count). The summed E-state index contributed by atoms with van der Waals surface area (Å²) >= 11 is 0. The van der Waals surface area contributed by atoms with Gasteiger partial charge in [0.05, 0.1) is 26.1 Å². The molecule has 0 radical (unpaired) electrons. The van der Waals surface area contributed by atoms with Crippen LogP contribution >= 0.6 is 0 Å². The molecule has 0 N–H and O–H groups in total. The number of esters is 1. The molecule has 122 valence electrons. The summed E-state index contributed by atoms with van der Waals surface area (Å²) in [6.07, 6.45) is -0.148. The van der Waals surface area contributed by atoms with E-state index >= 15 is 0 Å². The van der Waals surface area contributed by atoms with Crippen LogP contribution in [0.25, 0.3) is 0 Å². The number of sulfonamides is 1. The summed E-state index contributed by atoms with van der Waals surface area (Å²) in [6, 6.07) is 0. The zero-order chi connectivity index (χ0) is 15.9. The highest BCUT2D eigenvalue weighted by Gasteiger charge is 2.26. The number of likely N-dealkylation sites (N-methyl/N-ethyl adjacent to an activating group) is 1. The summed E-state index contributed by atoms with van der Waals surface area (Å²) < 4.78 is 35.1. The first-order chi connectivity index (χ1) is 9.90. The smallest absolute Gasteiger partial charge is 0.325 e. The van der Waals surface area contributed by atoms with E-state index in [2.05, 4.69) is 4.74 Å². The quantitative estimate of drug-likeness (QED) is 0.562. The molecule has 21 heavy (non-hydrogen) atoms. The van der Waals surface area contributed by atoms with Crippen LogP contribution in [0.5, 0.6) is 0 Å². The van der Waals surface area contributed by atoms with E-state index in [1.165, 1.54) is 16.3 Å². The van der Waals surface area contributed by atoms with Crippen LogP contribution in [0.3, 0.4) is 0 Å². The van der Waals surface area contributed by atoms with Gasteiger partial charge in [0.25, 0.3) is 0 Å². The molecule has 0 atom stereocenters. The lowest BCUT2D eigenvalue weighted by atomic mass is 10.4. The van der Waals surface area contributed by atoms with Crippen LogP contribution in [-0.2, 0) is 29.1 Å². The highest BCUT2D eigenvalue weighted by Crippen LogP contribution is 2.08. The van der Waals surface area contributed by atoms with E-state index in [0.717, 1.165) is 0 Å². The Morgan fingerprint density at radius 1 is 1.29 bits per heavy atom. The lowest BCUT2D eigenvalue weighted by molar-refractivity contribution is -0.146. The number of carbonyl (C=O) groups is 2. The predicted molar refractivity (Wildman–Crippen MR) is 75.1 cm³/mol. The average molecular weight is 322 g/mol. The van der Waals surface area contributed by atoms with Crippen molar-refractivity contribution in [3.8, 4) is 0 Å². The summed E-state index contributed by atoms with van der Waals surface area (Å²) in [5.74, 6) is -1.16. The van der Waals surface area contributed by atoms with Gasteiger partial charge in [0, 0.05) is 26.1 Å². The topological polar surface area (TPSA) is 93.2 Å². The largest absolute Gasteiger partial charge is 0.468 e. The number of morpholine rings is 1. The summed E-state index contributed by atoms with van der Waals surface area (Å²) in [5.41, 5.74) is 0. The molecule has 1 aliphatic rings. The third-order valence-corrected chi connectivity index (χ3v) is 5.09. The number of rotatable bonds is 7. The summed E-state index contributed by atoms with van der Waals surface area (Å²) in [4.78, 5) is 24.4. The van der Waals surface area contributed by atoms with Crippen LogP contribution in [0.2, 0.25) is 0 Å². The molecule has 0 aromatic heterocycles. The van der Waals surface area contributed by atoms with Gasteiger partial charge >= 0.3 is 5.97 Å². The molecule has 0 saturated carbocycles. The fraction of sp³-hybridized carbons (Fsp3) is 0.833. The maximum atomic E-state index is 12.1. The Morgan fingerprint density at radius 3 is 2.43 bits per heavy atom. The Labute approximate surface area is 125 Å². The van der Waals surface area contributed by atoms with Crippen molar-refractivity contribution in [2.24, 2.45) is 0 Å². The molecule has 0 spiro atoms. The van der Waals surface area contributed by atoms with Crippen molar-refractivity contribution >= 4 is 21.9 Å². The SMILES string of the molecule is CCN(CC(=O)OC)C(=O)CCS(=O)(=O)N1CCOCC1. The van der Waals surface area contributed by atoms with E-state index in [0.29, 0.717) is 32.8 Å². The van der Waals surface area contributed by atoms with Crippen molar-refractivity contribution in [2.75, 3.05) is 52.3 Å². The number of ether oxygens (including phenoxy) is 2. The average Bonchev–Trinajstić information content (AvgIpc) is 2.50. The monoisotopic (exact) mass is 322 g/mol. The van der Waals surface area contributed by atoms with Gasteiger partial charge in [-0.15, -0.1) is 0 Å². The first kappa shape index (κ1) is 17.9. The second-order valence-electron chi connectivity index (χ2n) is 4.56. The van der Waals surface area contributed by atoms with Gasteiger partial charge in [-0.05, 0) is 6.92 Å². The Morgan fingerprint density at radius 2 is 1.90 bits per heavy atom. The van der Waals surface area contributed by atoms with Gasteiger partial charge in [-0.1, -0.05) is 0 Å². The standard InChI is InChI=1S/C12H22N2O6S/c1-3-13(10-12(16)19-2)11(15)4-9-21(17,18)14-5-7-20-8-6-14/h3-10H2,1-2H3. The molecule has 0 aliphatic carbocycles. The molecule has 9 heteroatoms. The van der Waals surface area contributed by atoms with Crippen LogP contribution in [0.15, 0.2) is 0 Å². The first-order valence-electron chi connectivity index (χ1n) is 6.81. The molecule has 0 unspecified atom stereocenters. The van der Waals surface area contributed by atoms with E-state index in [1.54, 1.807) is 6.92 Å². The van der Waals surface area contributed by atoms with Crippen LogP contribution in [-0.4, -0.2) is 81.8 Å². The van der Waals surface area contributed by atoms with Gasteiger partial charge in [0.1, 0.15) is 6.54 Å². The minimum atomic E-state index is -3.46. The summed E-state index contributed by atoms with van der Waals surface area (Å²) in [5, 5.41) is 0. The van der Waals surface area contributed by atoms with E-state index in [-0.39, 0.29) is 24.6 Å². The van der Waals surface area contributed by atoms with Gasteiger partial charge in [0.2, 0.25) is 15.9 Å². The number of nitrogens with zero attached hydrogens (tertiary/aromatic N) is 2. The van der Waals surface area contributed by atoms with Crippen molar-refractivity contribution < 1.29 is 27.5 Å². The molecule has 1 aliphatic heterocycles. The third kappa shape index (κ3) is 5.60. The van der Waals surface area contributed by atoms with E-state index in [4.69, 9.17) is 4.74 Å². The maximum absolute atomic E-state index is 12.1. The first-order valence-corrected chi connectivity index (χ1v) is 8.41. The number of carbonyl (C=O) groups excluding carboxylic acids is 2. The summed E-state index contributed by atoms with van der Waals surface area (Å²) in [6.45, 7) is 3.26. The van der Waals surface area contributed by atoms with Gasteiger partial charge in [0.15, 0.2) is 0 Å². The zero-order valence-electron chi connectivity index (χ0n) is 12.4. The fourth-order valence-electron chi connectivity index (χ4n) is 1.92. The van der Waals surface area contributed by atoms with Crippen molar-refractivity contribution in [1.29, 1.82) is 0 Å². The maximum Gasteiger partial charge on any atom is 0.325 e. The lowest BCUT2D eigenvalue weighted by Gasteiger charge is -2.26. The Kier molecular flexibility index (Phi) is 7.06. The Balaban J connectivity index is 2.51. The second kappa shape index (κ2) is 8.30. The van der Waals surface area contributed by atoms with E-state index in [1.807, 2.05) is 0 Å². The van der Waals surface area contributed by atoms with Gasteiger partial charge < -0.3 is 14.4 Å². The van der Waals surface area contributed by atoms with Gasteiger partial charge in [-0.3, -0.25) is 9.59 Å². The number of hydrogen-bond donors (Lipinski definition) is 0. The fourth-order valence-corrected chi connectivity index (χ4v) is 3.32. The minimum Gasteiger partial charge on any atom is -0.468 e. The predicted octanol–water partition coefficient (Wildman–Crippen LogP) is -0.940. The minimum absolute atomic E-state index is 0.148. The number of hydrogen-bond acceptors (Lipinski definition) is 6. The Bertz CT molecular complexity index is 458. The highest BCUT2D eigenvalue weighted by atomic mass is 32.2. The third-order valence-electron chi connectivity index (χ3n) is 3.22. The summed E-state index contributed by atoms with van der Waals surface area (Å²) in [7, 11) is -2.22. The molecule has 1 amide bonds. The van der Waals surface area contributed by atoms with Crippen molar-refractivity contribution in [3.63, 3.8) is 0 Å². The lowest BCUT2D eigenvalue weighted by Crippen LogP contribution is -2.43. The molecule has 1 saturated heterocycles. The molecule has 1 fully saturated rings. The zero-order valence-corrected chi connectivity index (χ0v) is 13.2. The number of amides is 1. The molecular formula is C12H22N2O6S. The van der Waals surface area contributed by atoms with Crippen LogP contribution in [0.1, 0.15) is 13.3 Å². The highest BCUT2D eigenvalue weighted by molar-refractivity contribution is 7.89. The van der Waals surface area contributed by atoms with Crippen LogP contribution < -0.4 is 0 Å². The Hall–Kier alpha value is -1.19. The molecule has 0 bridgehead atoms. The normalized spacial score (nSPS) is 16.5. The van der Waals surface area contributed by atoms with Gasteiger partial charge in [-0.25, -0.2) is 8.42 Å². The van der Waals surface area contributed by atoms with Gasteiger partial charge in [-0.2, -0.15) is 4.31 Å². The van der Waals surface area contributed by atoms with E-state index < -0.39 is 16.0 Å². The molecule has 0 aromatic carbocycles. The van der Waals surface area contributed by atoms with Crippen molar-refractivity contribution in [2.45, 2.75) is 13.3 Å². The van der Waals surface area contributed by atoms with E-state index in [9.17, 15) is 18.0 Å². The van der Waals surface area contributed by atoms with Crippen molar-refractivity contribution in [3.05, 3.63) is 0 Å². The van der Waals surface area contributed by atoms with Crippen molar-refractivity contribution in [1.82, 2.24) is 9.21 Å². The molecule has 0 aromatic rings.